The summed E-state index contributed by atoms with van der Waals surface area (Å²) in [5.41, 5.74) is 0. The van der Waals surface area contributed by atoms with Gasteiger partial charge in [-0.05, 0) is 18.8 Å². The second-order valence-corrected chi connectivity index (χ2v) is 5.35. The number of hydrogen-bond acceptors (Lipinski definition) is 4. The third-order valence-corrected chi connectivity index (χ3v) is 2.03. The highest BCUT2D eigenvalue weighted by atomic mass is 32.2. The molecule has 86 valence electrons. The summed E-state index contributed by atoms with van der Waals surface area (Å²) in [6, 6.07) is 0. The van der Waals surface area contributed by atoms with Gasteiger partial charge in [-0.1, -0.05) is 13.8 Å². The van der Waals surface area contributed by atoms with E-state index in [0.29, 0.717) is 18.9 Å². The molecule has 0 atom stereocenters. The minimum absolute atomic E-state index is 0.254. The molecule has 0 fully saturated rings. The van der Waals surface area contributed by atoms with E-state index in [9.17, 15) is 8.42 Å². The number of unbranched alkanes of at least 4 members (excludes halogenated alkanes) is 1. The fourth-order valence-electron chi connectivity index (χ4n) is 0.836. The first-order valence-corrected chi connectivity index (χ1v) is 6.65. The molecule has 0 saturated carbocycles. The van der Waals surface area contributed by atoms with Crippen LogP contribution in [-0.4, -0.2) is 34.5 Å². The van der Waals surface area contributed by atoms with Gasteiger partial charge in [0.05, 0.1) is 12.9 Å². The maximum Gasteiger partial charge on any atom is 0.264 e. The molecular weight excluding hydrogens is 204 g/mol. The van der Waals surface area contributed by atoms with Gasteiger partial charge < -0.3 is 4.74 Å². The summed E-state index contributed by atoms with van der Waals surface area (Å²) in [5.74, 6) is 0.544. The molecule has 0 radical (unpaired) electrons. The Morgan fingerprint density at radius 2 is 1.71 bits per heavy atom. The van der Waals surface area contributed by atoms with Crippen molar-refractivity contribution in [3.8, 4) is 0 Å². The lowest BCUT2D eigenvalue weighted by Gasteiger charge is -2.06. The van der Waals surface area contributed by atoms with Gasteiger partial charge in [0.2, 0.25) is 0 Å². The van der Waals surface area contributed by atoms with Crippen molar-refractivity contribution in [3.63, 3.8) is 0 Å². The van der Waals surface area contributed by atoms with Gasteiger partial charge in [-0.3, -0.25) is 4.18 Å². The molecule has 14 heavy (non-hydrogen) atoms. The predicted octanol–water partition coefficient (Wildman–Crippen LogP) is 1.42. The van der Waals surface area contributed by atoms with Crippen LogP contribution in [0.3, 0.4) is 0 Å². The highest BCUT2D eigenvalue weighted by molar-refractivity contribution is 7.85. The average molecular weight is 224 g/mol. The van der Waals surface area contributed by atoms with Gasteiger partial charge in [-0.2, -0.15) is 8.42 Å². The molecule has 0 aliphatic rings. The fourth-order valence-corrected chi connectivity index (χ4v) is 1.26. The summed E-state index contributed by atoms with van der Waals surface area (Å²) in [5, 5.41) is 0. The zero-order valence-corrected chi connectivity index (χ0v) is 9.97. The molecule has 5 heteroatoms. The molecule has 0 aromatic heterocycles. The van der Waals surface area contributed by atoms with Crippen molar-refractivity contribution in [3.05, 3.63) is 0 Å². The molecule has 0 unspecified atom stereocenters. The van der Waals surface area contributed by atoms with E-state index in [1.165, 1.54) is 0 Å². The van der Waals surface area contributed by atoms with Gasteiger partial charge in [-0.25, -0.2) is 0 Å². The zero-order valence-electron chi connectivity index (χ0n) is 9.15. The molecule has 0 amide bonds. The topological polar surface area (TPSA) is 52.6 Å². The van der Waals surface area contributed by atoms with Crippen LogP contribution in [0, 0.1) is 5.92 Å². The van der Waals surface area contributed by atoms with E-state index >= 15 is 0 Å². The van der Waals surface area contributed by atoms with Crippen LogP contribution >= 0.6 is 0 Å². The number of rotatable bonds is 8. The lowest BCUT2D eigenvalue weighted by atomic mass is 10.2. The van der Waals surface area contributed by atoms with E-state index in [4.69, 9.17) is 4.74 Å². The van der Waals surface area contributed by atoms with Crippen LogP contribution in [0.5, 0.6) is 0 Å². The Balaban J connectivity index is 3.15. The van der Waals surface area contributed by atoms with Crippen molar-refractivity contribution in [2.45, 2.75) is 26.7 Å². The Labute approximate surface area is 86.7 Å². The standard InChI is InChI=1S/C9H20O4S/c1-9(2)8-12-6-4-5-7-13-14(3,10)11/h9H,4-8H2,1-3H3. The molecule has 0 heterocycles. The van der Waals surface area contributed by atoms with E-state index in [-0.39, 0.29) is 6.61 Å². The molecule has 0 N–H and O–H groups in total. The highest BCUT2D eigenvalue weighted by Gasteiger charge is 2.00. The summed E-state index contributed by atoms with van der Waals surface area (Å²) < 4.78 is 31.0. The van der Waals surface area contributed by atoms with Crippen molar-refractivity contribution in [1.29, 1.82) is 0 Å². The molecule has 0 aliphatic heterocycles. The van der Waals surface area contributed by atoms with E-state index in [1.807, 2.05) is 0 Å². The van der Waals surface area contributed by atoms with E-state index in [1.54, 1.807) is 0 Å². The summed E-state index contributed by atoms with van der Waals surface area (Å²) in [7, 11) is -3.27. The van der Waals surface area contributed by atoms with Crippen LogP contribution in [0.4, 0.5) is 0 Å². The van der Waals surface area contributed by atoms with Gasteiger partial charge in [-0.15, -0.1) is 0 Å². The molecular formula is C9H20O4S. The maximum atomic E-state index is 10.6. The van der Waals surface area contributed by atoms with Crippen LogP contribution in [0.1, 0.15) is 26.7 Å². The maximum absolute atomic E-state index is 10.6. The first kappa shape index (κ1) is 13.9. The first-order chi connectivity index (χ1) is 6.42. The van der Waals surface area contributed by atoms with Crippen LogP contribution < -0.4 is 0 Å². The first-order valence-electron chi connectivity index (χ1n) is 4.84. The Kier molecular flexibility index (Phi) is 7.13. The van der Waals surface area contributed by atoms with Crippen LogP contribution in [0.25, 0.3) is 0 Å². The smallest absolute Gasteiger partial charge is 0.264 e. The van der Waals surface area contributed by atoms with Gasteiger partial charge >= 0.3 is 0 Å². The van der Waals surface area contributed by atoms with Crippen LogP contribution in [-0.2, 0) is 19.0 Å². The Morgan fingerprint density at radius 1 is 1.14 bits per heavy atom. The average Bonchev–Trinajstić information content (AvgIpc) is 2.00. The highest BCUT2D eigenvalue weighted by Crippen LogP contribution is 1.97. The quantitative estimate of drug-likeness (QED) is 0.462. The lowest BCUT2D eigenvalue weighted by Crippen LogP contribution is -2.06. The third kappa shape index (κ3) is 11.9. The van der Waals surface area contributed by atoms with Crippen molar-refractivity contribution < 1.29 is 17.3 Å². The molecule has 0 aliphatic carbocycles. The largest absolute Gasteiger partial charge is 0.381 e. The Bertz CT molecular complexity index is 221. The number of ether oxygens (including phenoxy) is 1. The zero-order chi connectivity index (χ0) is 11.0. The third-order valence-electron chi connectivity index (χ3n) is 1.43. The van der Waals surface area contributed by atoms with E-state index in [0.717, 1.165) is 19.3 Å². The summed E-state index contributed by atoms with van der Waals surface area (Å²) in [6.45, 7) is 5.86. The molecule has 0 spiro atoms. The van der Waals surface area contributed by atoms with E-state index in [2.05, 4.69) is 18.0 Å². The van der Waals surface area contributed by atoms with E-state index < -0.39 is 10.1 Å². The normalized spacial score (nSPS) is 12.3. The SMILES string of the molecule is CC(C)COCCCCOS(C)(=O)=O. The molecule has 0 aromatic rings. The fraction of sp³-hybridized carbons (Fsp3) is 1.00. The molecule has 0 aromatic carbocycles. The second kappa shape index (κ2) is 7.20. The van der Waals surface area contributed by atoms with Crippen molar-refractivity contribution in [2.24, 2.45) is 5.92 Å². The molecule has 0 saturated heterocycles. The second-order valence-electron chi connectivity index (χ2n) is 3.70. The number of hydrogen-bond donors (Lipinski definition) is 0. The predicted molar refractivity (Wildman–Crippen MR) is 55.7 cm³/mol. The summed E-state index contributed by atoms with van der Waals surface area (Å²) >= 11 is 0. The minimum Gasteiger partial charge on any atom is -0.381 e. The summed E-state index contributed by atoms with van der Waals surface area (Å²) in [4.78, 5) is 0. The van der Waals surface area contributed by atoms with Crippen molar-refractivity contribution >= 4 is 10.1 Å². The van der Waals surface area contributed by atoms with Gasteiger partial charge in [0.15, 0.2) is 0 Å². The minimum atomic E-state index is -3.27. The Morgan fingerprint density at radius 3 is 2.21 bits per heavy atom. The Hall–Kier alpha value is -0.130. The van der Waals surface area contributed by atoms with Crippen LogP contribution in [0.2, 0.25) is 0 Å². The van der Waals surface area contributed by atoms with Gasteiger partial charge in [0.25, 0.3) is 10.1 Å². The summed E-state index contributed by atoms with van der Waals surface area (Å²) in [6.07, 6.45) is 2.61. The molecule has 0 bridgehead atoms. The van der Waals surface area contributed by atoms with Crippen LogP contribution in [0.15, 0.2) is 0 Å². The van der Waals surface area contributed by atoms with Crippen molar-refractivity contribution in [1.82, 2.24) is 0 Å². The lowest BCUT2D eigenvalue weighted by molar-refractivity contribution is 0.104. The molecule has 4 nitrogen and oxygen atoms in total. The van der Waals surface area contributed by atoms with Gasteiger partial charge in [0.1, 0.15) is 0 Å². The monoisotopic (exact) mass is 224 g/mol. The van der Waals surface area contributed by atoms with Gasteiger partial charge in [0, 0.05) is 13.2 Å². The van der Waals surface area contributed by atoms with Crippen molar-refractivity contribution in [2.75, 3.05) is 26.1 Å². The molecule has 0 rings (SSSR count).